The largest absolute Gasteiger partial charge is 0.152 e. The Morgan fingerprint density at radius 2 is 1.06 bits per heavy atom. The average Bonchev–Trinajstić information content (AvgIpc) is 3.05. The molecule has 0 aliphatic heterocycles. The van der Waals surface area contributed by atoms with Crippen LogP contribution in [0, 0.1) is 23.7 Å². The Kier molecular flexibility index (Phi) is 3.13. The predicted octanol–water partition coefficient (Wildman–Crippen LogP) is 4.84. The van der Waals surface area contributed by atoms with Gasteiger partial charge in [-0.15, -0.1) is 0 Å². The van der Waals surface area contributed by atoms with E-state index in [0.717, 1.165) is 43.8 Å². The monoisotopic (exact) mass is 378 g/mol. The molecule has 4 aliphatic rings. The maximum atomic E-state index is 4.01. The number of rotatable bonds is 2. The highest BCUT2D eigenvalue weighted by Gasteiger charge is 2.52. The summed E-state index contributed by atoms with van der Waals surface area (Å²) in [5, 5.41) is 1.86. The Morgan fingerprint density at radius 1 is 0.647 bits per heavy atom. The van der Waals surface area contributed by atoms with E-state index in [1.807, 2.05) is 0 Å². The van der Waals surface area contributed by atoms with Gasteiger partial charge in [-0.25, -0.2) is 0 Å². The second kappa shape index (κ2) is 4.41. The normalized spacial score (nSPS) is 60.4. The van der Waals surface area contributed by atoms with E-state index in [1.165, 1.54) is 38.5 Å². The Bertz CT molecular complexity index is 287. The average molecular weight is 380 g/mol. The molecule has 4 fully saturated rings. The van der Waals surface area contributed by atoms with Crippen molar-refractivity contribution in [3.05, 3.63) is 0 Å². The molecule has 0 aromatic rings. The van der Waals surface area contributed by atoms with E-state index in [4.69, 9.17) is 0 Å². The van der Waals surface area contributed by atoms with E-state index in [0.29, 0.717) is 0 Å². The van der Waals surface area contributed by atoms with Gasteiger partial charge in [0.15, 0.2) is 0 Å². The van der Waals surface area contributed by atoms with Gasteiger partial charge < -0.3 is 0 Å². The third-order valence-corrected chi connectivity index (χ3v) is 11.1. The Morgan fingerprint density at radius 3 is 1.41 bits per heavy atom. The summed E-state index contributed by atoms with van der Waals surface area (Å²) in [6.45, 7) is 0. The van der Waals surface area contributed by atoms with Crippen molar-refractivity contribution in [1.29, 1.82) is 0 Å². The van der Waals surface area contributed by atoms with E-state index >= 15 is 0 Å². The van der Waals surface area contributed by atoms with Crippen molar-refractivity contribution in [2.45, 2.75) is 58.7 Å². The Labute approximate surface area is 125 Å². The van der Waals surface area contributed by atoms with Crippen molar-refractivity contribution in [1.82, 2.24) is 0 Å². The number of hydrogen-bond donors (Lipinski definition) is 0. The number of alkyl halides is 2. The van der Waals surface area contributed by atoms with Gasteiger partial charge in [0.25, 0.3) is 0 Å². The minimum absolute atomic E-state index is 0.824. The van der Waals surface area contributed by atoms with Crippen LogP contribution in [0.15, 0.2) is 0 Å². The van der Waals surface area contributed by atoms with Gasteiger partial charge in [-0.2, -0.15) is 11.8 Å². The first-order valence-electron chi connectivity index (χ1n) is 7.17. The standard InChI is InChI=1S/C14H20Br2S/c15-11-7-1-3-9(5-7)13(11)17-14-10-4-2-8(6-10)12(14)16/h7-14H,1-6H2/t7-,8-,9-,10-,11-,12+,13-,14+/m0/s1. The maximum absolute atomic E-state index is 4.01. The van der Waals surface area contributed by atoms with Crippen LogP contribution in [-0.2, 0) is 0 Å². The molecule has 17 heavy (non-hydrogen) atoms. The molecular weight excluding hydrogens is 360 g/mol. The summed E-state index contributed by atoms with van der Waals surface area (Å²) in [6.07, 6.45) is 9.04. The van der Waals surface area contributed by atoms with Crippen LogP contribution >= 0.6 is 43.6 Å². The molecule has 4 rings (SSSR count). The topological polar surface area (TPSA) is 0 Å². The molecule has 0 aromatic carbocycles. The molecular formula is C14H20Br2S. The molecule has 0 aromatic heterocycles. The van der Waals surface area contributed by atoms with E-state index in [2.05, 4.69) is 43.6 Å². The lowest BCUT2D eigenvalue weighted by molar-refractivity contribution is 0.488. The second-order valence-electron chi connectivity index (χ2n) is 6.62. The fourth-order valence-electron chi connectivity index (χ4n) is 4.89. The molecule has 0 spiro atoms. The highest BCUT2D eigenvalue weighted by Crippen LogP contribution is 2.59. The fourth-order valence-corrected chi connectivity index (χ4v) is 9.51. The third-order valence-electron chi connectivity index (χ3n) is 5.80. The van der Waals surface area contributed by atoms with Gasteiger partial charge in [0.05, 0.1) is 0 Å². The van der Waals surface area contributed by atoms with Crippen LogP contribution in [0.25, 0.3) is 0 Å². The van der Waals surface area contributed by atoms with Crippen LogP contribution in [0.4, 0.5) is 0 Å². The van der Waals surface area contributed by atoms with Crippen LogP contribution in [0.1, 0.15) is 38.5 Å². The fraction of sp³-hybridized carbons (Fsp3) is 1.00. The van der Waals surface area contributed by atoms with Crippen molar-refractivity contribution < 1.29 is 0 Å². The number of fused-ring (bicyclic) bond motifs is 4. The summed E-state index contributed by atoms with van der Waals surface area (Å²) in [7, 11) is 0. The molecule has 0 N–H and O–H groups in total. The lowest BCUT2D eigenvalue weighted by Gasteiger charge is -2.34. The highest BCUT2D eigenvalue weighted by atomic mass is 79.9. The number of halogens is 2. The van der Waals surface area contributed by atoms with Crippen molar-refractivity contribution in [2.75, 3.05) is 0 Å². The smallest absolute Gasteiger partial charge is 0.0295 e. The van der Waals surface area contributed by atoms with Gasteiger partial charge in [-0.05, 0) is 62.2 Å². The van der Waals surface area contributed by atoms with Gasteiger partial charge in [0.2, 0.25) is 0 Å². The van der Waals surface area contributed by atoms with Gasteiger partial charge >= 0.3 is 0 Å². The maximum Gasteiger partial charge on any atom is 0.0295 e. The summed E-state index contributed by atoms with van der Waals surface area (Å²) >= 11 is 10.4. The quantitative estimate of drug-likeness (QED) is 0.618. The molecule has 0 nitrogen and oxygen atoms in total. The Hall–Kier alpha value is 1.31. The minimum Gasteiger partial charge on any atom is -0.152 e. The lowest BCUT2D eigenvalue weighted by Crippen LogP contribution is -2.32. The van der Waals surface area contributed by atoms with E-state index in [1.54, 1.807) is 0 Å². The van der Waals surface area contributed by atoms with Crippen molar-refractivity contribution in [3.8, 4) is 0 Å². The number of thioether (sulfide) groups is 1. The van der Waals surface area contributed by atoms with Crippen molar-refractivity contribution >= 4 is 43.6 Å². The second-order valence-corrected chi connectivity index (χ2v) is 10.1. The summed E-state index contributed by atoms with van der Waals surface area (Å²) < 4.78 is 0. The lowest BCUT2D eigenvalue weighted by atomic mass is 9.99. The van der Waals surface area contributed by atoms with Crippen LogP contribution < -0.4 is 0 Å². The molecule has 8 atom stereocenters. The molecule has 96 valence electrons. The molecule has 0 amide bonds. The van der Waals surface area contributed by atoms with Crippen LogP contribution in [0.5, 0.6) is 0 Å². The summed E-state index contributed by atoms with van der Waals surface area (Å²) in [5.41, 5.74) is 0. The van der Waals surface area contributed by atoms with Crippen molar-refractivity contribution in [3.63, 3.8) is 0 Å². The van der Waals surface area contributed by atoms with Gasteiger partial charge in [0.1, 0.15) is 0 Å². The number of hydrogen-bond acceptors (Lipinski definition) is 1. The molecule has 0 unspecified atom stereocenters. The molecule has 4 saturated carbocycles. The van der Waals surface area contributed by atoms with Gasteiger partial charge in [-0.3, -0.25) is 0 Å². The first-order chi connectivity index (χ1) is 8.24. The van der Waals surface area contributed by atoms with Gasteiger partial charge in [0, 0.05) is 20.2 Å². The minimum atomic E-state index is 0.824. The SMILES string of the molecule is Br[C@@H]1[C@H]2CC[C@@H](C2)[C@H]1S[C@H]1[C@H]2CC[C@@H](C2)[C@@H]1Br. The van der Waals surface area contributed by atoms with E-state index < -0.39 is 0 Å². The van der Waals surface area contributed by atoms with Crippen LogP contribution in [-0.4, -0.2) is 20.2 Å². The first-order valence-corrected chi connectivity index (χ1v) is 9.95. The summed E-state index contributed by atoms with van der Waals surface area (Å²) in [5.74, 6) is 4.08. The van der Waals surface area contributed by atoms with Crippen molar-refractivity contribution in [2.24, 2.45) is 23.7 Å². The predicted molar refractivity (Wildman–Crippen MR) is 82.3 cm³/mol. The first kappa shape index (κ1) is 12.1. The molecule has 4 aliphatic carbocycles. The molecule has 0 radical (unpaired) electrons. The summed E-state index contributed by atoms with van der Waals surface area (Å²) in [4.78, 5) is 1.65. The molecule has 0 heterocycles. The zero-order valence-corrected chi connectivity index (χ0v) is 14.0. The third kappa shape index (κ3) is 1.81. The Balaban J connectivity index is 1.47. The zero-order chi connectivity index (χ0) is 11.6. The molecule has 0 saturated heterocycles. The van der Waals surface area contributed by atoms with Gasteiger partial charge in [-0.1, -0.05) is 31.9 Å². The summed E-state index contributed by atoms with van der Waals surface area (Å²) in [6, 6.07) is 0. The van der Waals surface area contributed by atoms with Crippen LogP contribution in [0.2, 0.25) is 0 Å². The van der Waals surface area contributed by atoms with E-state index in [9.17, 15) is 0 Å². The van der Waals surface area contributed by atoms with E-state index in [-0.39, 0.29) is 0 Å². The molecule has 3 heteroatoms. The highest BCUT2D eigenvalue weighted by molar-refractivity contribution is 9.10. The molecule has 4 bridgehead atoms. The van der Waals surface area contributed by atoms with Crippen LogP contribution in [0.3, 0.4) is 0 Å². The zero-order valence-electron chi connectivity index (χ0n) is 10.0.